The second-order valence-electron chi connectivity index (χ2n) is 3.88. The number of furan rings is 1. The van der Waals surface area contributed by atoms with Crippen LogP contribution in [0.15, 0.2) is 22.8 Å². The van der Waals surface area contributed by atoms with Crippen LogP contribution in [0.3, 0.4) is 0 Å². The number of Topliss-reactive ketones (excluding diaryl/α,β-unsaturated/α-hetero) is 1. The van der Waals surface area contributed by atoms with Crippen molar-refractivity contribution >= 4 is 5.78 Å². The normalized spacial score (nSPS) is 35.8. The van der Waals surface area contributed by atoms with Crippen LogP contribution in [0.5, 0.6) is 0 Å². The van der Waals surface area contributed by atoms with Crippen molar-refractivity contribution in [1.29, 1.82) is 0 Å². The monoisotopic (exact) mass is 178 g/mol. The number of rotatable bonds is 2. The van der Waals surface area contributed by atoms with Gasteiger partial charge in [0.15, 0.2) is 5.76 Å². The molecule has 1 aliphatic heterocycles. The first kappa shape index (κ1) is 7.33. The van der Waals surface area contributed by atoms with E-state index in [1.165, 1.54) is 6.26 Å². The largest absolute Gasteiger partial charge is 0.461 e. The first-order valence-corrected chi connectivity index (χ1v) is 4.49. The molecule has 0 aromatic carbocycles. The summed E-state index contributed by atoms with van der Waals surface area (Å²) in [6, 6.07) is 3.47. The van der Waals surface area contributed by atoms with Gasteiger partial charge in [0, 0.05) is 0 Å². The smallest absolute Gasteiger partial charge is 0.206 e. The molecule has 0 bridgehead atoms. The molecule has 2 aliphatic rings. The Morgan fingerprint density at radius 1 is 1.62 bits per heavy atom. The number of ether oxygens (including phenoxy) is 1. The van der Waals surface area contributed by atoms with Crippen molar-refractivity contribution in [2.45, 2.75) is 6.42 Å². The standard InChI is InChI=1S/C10H10O3/c11-9(8-2-1-3-13-8)10-4-7(10)5-12-6-10/h1-3,7H,4-6H2. The molecule has 13 heavy (non-hydrogen) atoms. The summed E-state index contributed by atoms with van der Waals surface area (Å²) in [7, 11) is 0. The van der Waals surface area contributed by atoms with Crippen LogP contribution in [-0.4, -0.2) is 19.0 Å². The summed E-state index contributed by atoms with van der Waals surface area (Å²) >= 11 is 0. The van der Waals surface area contributed by atoms with Gasteiger partial charge in [0.05, 0.1) is 24.9 Å². The molecule has 0 amide bonds. The van der Waals surface area contributed by atoms with E-state index < -0.39 is 0 Å². The van der Waals surface area contributed by atoms with Gasteiger partial charge in [0.2, 0.25) is 5.78 Å². The van der Waals surface area contributed by atoms with Crippen LogP contribution in [-0.2, 0) is 4.74 Å². The van der Waals surface area contributed by atoms with E-state index in [1.807, 2.05) is 0 Å². The van der Waals surface area contributed by atoms with E-state index in [9.17, 15) is 4.79 Å². The number of hydrogen-bond acceptors (Lipinski definition) is 3. The summed E-state index contributed by atoms with van der Waals surface area (Å²) in [6.45, 7) is 1.32. The lowest BCUT2D eigenvalue weighted by Gasteiger charge is -2.06. The SMILES string of the molecule is O=C(c1ccco1)C12COCC1C2. The van der Waals surface area contributed by atoms with Gasteiger partial charge in [0.1, 0.15) is 0 Å². The fourth-order valence-electron chi connectivity index (χ4n) is 2.16. The fraction of sp³-hybridized carbons (Fsp3) is 0.500. The maximum Gasteiger partial charge on any atom is 0.206 e. The second kappa shape index (κ2) is 2.23. The molecule has 2 atom stereocenters. The van der Waals surface area contributed by atoms with E-state index in [0.29, 0.717) is 18.3 Å². The molecule has 1 saturated heterocycles. The van der Waals surface area contributed by atoms with Gasteiger partial charge in [0.25, 0.3) is 0 Å². The summed E-state index contributed by atoms with van der Waals surface area (Å²) in [5, 5.41) is 0. The van der Waals surface area contributed by atoms with E-state index >= 15 is 0 Å². The average Bonchev–Trinajstić information content (AvgIpc) is 2.63. The van der Waals surface area contributed by atoms with Crippen molar-refractivity contribution < 1.29 is 13.9 Å². The van der Waals surface area contributed by atoms with Gasteiger partial charge in [-0.25, -0.2) is 0 Å². The lowest BCUT2D eigenvalue weighted by molar-refractivity contribution is 0.0801. The summed E-state index contributed by atoms with van der Waals surface area (Å²) in [6.07, 6.45) is 2.52. The summed E-state index contributed by atoms with van der Waals surface area (Å²) in [5.74, 6) is 1.05. The molecule has 0 radical (unpaired) electrons. The van der Waals surface area contributed by atoms with Gasteiger partial charge in [-0.3, -0.25) is 4.79 Å². The number of fused-ring (bicyclic) bond motifs is 1. The predicted octanol–water partition coefficient (Wildman–Crippen LogP) is 1.50. The lowest BCUT2D eigenvalue weighted by atomic mass is 9.99. The van der Waals surface area contributed by atoms with Crippen LogP contribution >= 0.6 is 0 Å². The lowest BCUT2D eigenvalue weighted by Crippen LogP contribution is -2.18. The van der Waals surface area contributed by atoms with Crippen LogP contribution in [0.4, 0.5) is 0 Å². The van der Waals surface area contributed by atoms with Gasteiger partial charge in [-0.15, -0.1) is 0 Å². The molecule has 2 unspecified atom stereocenters. The summed E-state index contributed by atoms with van der Waals surface area (Å²) in [5.41, 5.74) is -0.210. The average molecular weight is 178 g/mol. The van der Waals surface area contributed by atoms with Crippen molar-refractivity contribution in [2.24, 2.45) is 11.3 Å². The van der Waals surface area contributed by atoms with Gasteiger partial charge in [-0.1, -0.05) is 0 Å². The van der Waals surface area contributed by atoms with Gasteiger partial charge >= 0.3 is 0 Å². The van der Waals surface area contributed by atoms with Crippen molar-refractivity contribution in [3.05, 3.63) is 24.2 Å². The first-order valence-electron chi connectivity index (χ1n) is 4.49. The Kier molecular flexibility index (Phi) is 1.26. The maximum absolute atomic E-state index is 11.9. The zero-order valence-electron chi connectivity index (χ0n) is 7.16. The molecule has 3 nitrogen and oxygen atoms in total. The molecular formula is C10H10O3. The Morgan fingerprint density at radius 2 is 2.54 bits per heavy atom. The molecule has 2 heterocycles. The van der Waals surface area contributed by atoms with E-state index in [-0.39, 0.29) is 11.2 Å². The van der Waals surface area contributed by atoms with Crippen LogP contribution in [0.1, 0.15) is 17.0 Å². The Labute approximate surface area is 75.7 Å². The Morgan fingerprint density at radius 3 is 3.08 bits per heavy atom. The molecular weight excluding hydrogens is 168 g/mol. The minimum Gasteiger partial charge on any atom is -0.461 e. The van der Waals surface area contributed by atoms with E-state index in [0.717, 1.165) is 13.0 Å². The van der Waals surface area contributed by atoms with E-state index in [4.69, 9.17) is 9.15 Å². The van der Waals surface area contributed by atoms with Crippen molar-refractivity contribution in [3.8, 4) is 0 Å². The van der Waals surface area contributed by atoms with E-state index in [1.54, 1.807) is 12.1 Å². The molecule has 3 rings (SSSR count). The van der Waals surface area contributed by atoms with Crippen LogP contribution in [0, 0.1) is 11.3 Å². The maximum atomic E-state index is 11.9. The van der Waals surface area contributed by atoms with Crippen molar-refractivity contribution in [1.82, 2.24) is 0 Å². The highest BCUT2D eigenvalue weighted by Gasteiger charge is 2.64. The predicted molar refractivity (Wildman–Crippen MR) is 44.4 cm³/mol. The number of hydrogen-bond donors (Lipinski definition) is 0. The van der Waals surface area contributed by atoms with E-state index in [2.05, 4.69) is 0 Å². The Hall–Kier alpha value is -1.09. The Balaban J connectivity index is 1.91. The van der Waals surface area contributed by atoms with Crippen LogP contribution < -0.4 is 0 Å². The van der Waals surface area contributed by atoms with Gasteiger partial charge in [-0.2, -0.15) is 0 Å². The zero-order valence-corrected chi connectivity index (χ0v) is 7.16. The molecule has 1 saturated carbocycles. The molecule has 1 aliphatic carbocycles. The third-order valence-corrected chi connectivity index (χ3v) is 3.11. The highest BCUT2D eigenvalue weighted by molar-refractivity contribution is 6.00. The first-order chi connectivity index (χ1) is 6.33. The number of carbonyl (C=O) groups excluding carboxylic acids is 1. The Bertz CT molecular complexity index is 341. The second-order valence-corrected chi connectivity index (χ2v) is 3.88. The third-order valence-electron chi connectivity index (χ3n) is 3.11. The minimum absolute atomic E-state index is 0.125. The molecule has 3 heteroatoms. The topological polar surface area (TPSA) is 39.4 Å². The van der Waals surface area contributed by atoms with Crippen molar-refractivity contribution in [2.75, 3.05) is 13.2 Å². The number of carbonyl (C=O) groups is 1. The molecule has 0 N–H and O–H groups in total. The molecule has 1 aromatic rings. The third kappa shape index (κ3) is 0.851. The minimum atomic E-state index is -0.210. The quantitative estimate of drug-likeness (QED) is 0.644. The zero-order chi connectivity index (χ0) is 8.89. The highest BCUT2D eigenvalue weighted by atomic mass is 16.5. The highest BCUT2D eigenvalue weighted by Crippen LogP contribution is 2.58. The van der Waals surface area contributed by atoms with Gasteiger partial charge in [-0.05, 0) is 24.5 Å². The molecule has 0 spiro atoms. The van der Waals surface area contributed by atoms with Crippen molar-refractivity contribution in [3.63, 3.8) is 0 Å². The van der Waals surface area contributed by atoms with Crippen LogP contribution in [0.2, 0.25) is 0 Å². The fourth-order valence-corrected chi connectivity index (χ4v) is 2.16. The summed E-state index contributed by atoms with van der Waals surface area (Å²) < 4.78 is 10.4. The molecule has 1 aromatic heterocycles. The van der Waals surface area contributed by atoms with Crippen LogP contribution in [0.25, 0.3) is 0 Å². The molecule has 68 valence electrons. The number of ketones is 1. The molecule has 2 fully saturated rings. The van der Waals surface area contributed by atoms with Gasteiger partial charge < -0.3 is 9.15 Å². The summed E-state index contributed by atoms with van der Waals surface area (Å²) in [4.78, 5) is 11.9.